The fourth-order valence-electron chi connectivity index (χ4n) is 6.46. The number of nitrogens with one attached hydrogen (secondary N) is 3. The molecule has 0 aromatic heterocycles. The van der Waals surface area contributed by atoms with Crippen LogP contribution in [-0.4, -0.2) is 48.0 Å². The second-order valence-electron chi connectivity index (χ2n) is 9.97. The van der Waals surface area contributed by atoms with Crippen LogP contribution in [0.3, 0.4) is 0 Å². The number of hydrogen-bond donors (Lipinski definition) is 3. The number of carbonyl (C=O) groups is 2. The van der Waals surface area contributed by atoms with Crippen LogP contribution in [0.15, 0.2) is 24.3 Å². The molecule has 4 aliphatic carbocycles. The fourth-order valence-corrected chi connectivity index (χ4v) is 6.67. The highest BCUT2D eigenvalue weighted by molar-refractivity contribution is 7.80. The molecule has 2 amide bonds. The molecular formula is C25H36N4O2S. The highest BCUT2D eigenvalue weighted by Gasteiger charge is 2.54. The Kier molecular flexibility index (Phi) is 7.15. The Hall–Kier alpha value is -1.99. The summed E-state index contributed by atoms with van der Waals surface area (Å²) in [5.41, 5.74) is 1.16. The normalized spacial score (nSPS) is 27.9. The predicted molar refractivity (Wildman–Crippen MR) is 132 cm³/mol. The fraction of sp³-hybridized carbons (Fsp3) is 0.640. The van der Waals surface area contributed by atoms with Crippen molar-refractivity contribution in [1.29, 1.82) is 0 Å². The molecule has 0 aliphatic heterocycles. The Labute approximate surface area is 196 Å². The topological polar surface area (TPSA) is 73.5 Å². The van der Waals surface area contributed by atoms with E-state index in [0.717, 1.165) is 62.3 Å². The van der Waals surface area contributed by atoms with Crippen molar-refractivity contribution in [3.05, 3.63) is 29.8 Å². The molecule has 7 heteroatoms. The number of likely N-dealkylation sites (N-methyl/N-ethyl adjacent to an activating group) is 1. The summed E-state index contributed by atoms with van der Waals surface area (Å²) in [5, 5.41) is 9.37. The summed E-state index contributed by atoms with van der Waals surface area (Å²) in [6, 6.07) is 7.20. The average Bonchev–Trinajstić information content (AvgIpc) is 2.76. The van der Waals surface area contributed by atoms with E-state index in [9.17, 15) is 9.59 Å². The maximum atomic E-state index is 13.1. The molecule has 0 radical (unpaired) electrons. The highest BCUT2D eigenvalue weighted by Crippen LogP contribution is 2.60. The molecular weight excluding hydrogens is 420 g/mol. The van der Waals surface area contributed by atoms with Gasteiger partial charge in [-0.1, -0.05) is 13.8 Å². The van der Waals surface area contributed by atoms with Crippen molar-refractivity contribution < 1.29 is 9.59 Å². The van der Waals surface area contributed by atoms with Crippen LogP contribution in [0.25, 0.3) is 0 Å². The number of benzene rings is 1. The minimum atomic E-state index is -0.215. The average molecular weight is 457 g/mol. The van der Waals surface area contributed by atoms with Crippen LogP contribution in [0.4, 0.5) is 5.69 Å². The van der Waals surface area contributed by atoms with Crippen LogP contribution in [0.2, 0.25) is 0 Å². The molecule has 1 aromatic rings. The van der Waals surface area contributed by atoms with Gasteiger partial charge >= 0.3 is 0 Å². The van der Waals surface area contributed by atoms with E-state index in [2.05, 4.69) is 34.7 Å². The van der Waals surface area contributed by atoms with Gasteiger partial charge < -0.3 is 20.9 Å². The number of amides is 2. The zero-order chi connectivity index (χ0) is 22.7. The highest BCUT2D eigenvalue weighted by atomic mass is 32.1. The number of hydrogen-bond acceptors (Lipinski definition) is 4. The molecule has 4 fully saturated rings. The molecule has 0 heterocycles. The minimum absolute atomic E-state index is 0.0820. The lowest BCUT2D eigenvalue weighted by molar-refractivity contribution is -0.144. The molecule has 4 aliphatic rings. The van der Waals surface area contributed by atoms with Gasteiger partial charge in [0.05, 0.1) is 5.41 Å². The van der Waals surface area contributed by atoms with Gasteiger partial charge in [-0.05, 0) is 106 Å². The summed E-state index contributed by atoms with van der Waals surface area (Å²) in [7, 11) is 0. The molecule has 32 heavy (non-hydrogen) atoms. The van der Waals surface area contributed by atoms with E-state index >= 15 is 0 Å². The molecule has 3 N–H and O–H groups in total. The molecule has 0 saturated heterocycles. The van der Waals surface area contributed by atoms with E-state index in [-0.39, 0.29) is 17.2 Å². The number of carbonyl (C=O) groups excluding carboxylic acids is 2. The number of anilines is 1. The maximum Gasteiger partial charge on any atom is 0.251 e. The third-order valence-corrected chi connectivity index (χ3v) is 7.96. The van der Waals surface area contributed by atoms with Crippen LogP contribution in [0.5, 0.6) is 0 Å². The Morgan fingerprint density at radius 3 is 2.09 bits per heavy atom. The molecule has 0 unspecified atom stereocenters. The van der Waals surface area contributed by atoms with Crippen LogP contribution < -0.4 is 16.0 Å². The van der Waals surface area contributed by atoms with E-state index in [1.165, 1.54) is 19.3 Å². The zero-order valence-corrected chi connectivity index (χ0v) is 20.1. The third-order valence-electron chi connectivity index (χ3n) is 7.76. The van der Waals surface area contributed by atoms with Crippen LogP contribution in [-0.2, 0) is 4.79 Å². The molecule has 5 rings (SSSR count). The second kappa shape index (κ2) is 9.87. The van der Waals surface area contributed by atoms with Gasteiger partial charge in [0.15, 0.2) is 5.11 Å². The molecule has 0 spiro atoms. The zero-order valence-electron chi connectivity index (χ0n) is 19.3. The van der Waals surface area contributed by atoms with Gasteiger partial charge in [0.25, 0.3) is 5.91 Å². The SMILES string of the molecule is CCN(CC)CCNC(=O)c1ccc(NC(=S)NC(=O)C23CC4CC(CC(C4)C2)C3)cc1. The molecule has 4 saturated carbocycles. The summed E-state index contributed by atoms with van der Waals surface area (Å²) in [6.45, 7) is 7.66. The van der Waals surface area contributed by atoms with Gasteiger partial charge in [-0.3, -0.25) is 9.59 Å². The summed E-state index contributed by atoms with van der Waals surface area (Å²) in [5.74, 6) is 2.18. The first-order valence-electron chi connectivity index (χ1n) is 12.1. The lowest BCUT2D eigenvalue weighted by atomic mass is 9.49. The maximum absolute atomic E-state index is 13.1. The molecule has 0 atom stereocenters. The predicted octanol–water partition coefficient (Wildman–Crippen LogP) is 3.79. The van der Waals surface area contributed by atoms with Crippen LogP contribution >= 0.6 is 12.2 Å². The van der Waals surface area contributed by atoms with Gasteiger partial charge in [0.2, 0.25) is 5.91 Å². The smallest absolute Gasteiger partial charge is 0.251 e. The van der Waals surface area contributed by atoms with E-state index in [0.29, 0.717) is 17.2 Å². The van der Waals surface area contributed by atoms with Crippen molar-refractivity contribution in [3.63, 3.8) is 0 Å². The summed E-state index contributed by atoms with van der Waals surface area (Å²) in [4.78, 5) is 27.8. The monoisotopic (exact) mass is 456 g/mol. The summed E-state index contributed by atoms with van der Waals surface area (Å²) in [6.07, 6.45) is 6.99. The van der Waals surface area contributed by atoms with Crippen LogP contribution in [0.1, 0.15) is 62.7 Å². The van der Waals surface area contributed by atoms with Gasteiger partial charge in [0.1, 0.15) is 0 Å². The minimum Gasteiger partial charge on any atom is -0.351 e. The lowest BCUT2D eigenvalue weighted by Crippen LogP contribution is -2.55. The Balaban J connectivity index is 1.26. The van der Waals surface area contributed by atoms with Crippen molar-refractivity contribution in [3.8, 4) is 0 Å². The second-order valence-corrected chi connectivity index (χ2v) is 10.4. The summed E-state index contributed by atoms with van der Waals surface area (Å²) >= 11 is 5.43. The van der Waals surface area contributed by atoms with Gasteiger partial charge in [0, 0.05) is 24.3 Å². The Bertz CT molecular complexity index is 815. The lowest BCUT2D eigenvalue weighted by Gasteiger charge is -2.55. The van der Waals surface area contributed by atoms with Gasteiger partial charge in [-0.25, -0.2) is 0 Å². The Morgan fingerprint density at radius 1 is 1.00 bits per heavy atom. The van der Waals surface area contributed by atoms with Crippen LogP contribution in [0, 0.1) is 23.2 Å². The van der Waals surface area contributed by atoms with E-state index < -0.39 is 0 Å². The van der Waals surface area contributed by atoms with E-state index in [1.54, 1.807) is 12.1 Å². The largest absolute Gasteiger partial charge is 0.351 e. The Morgan fingerprint density at radius 2 is 1.56 bits per heavy atom. The first-order valence-corrected chi connectivity index (χ1v) is 12.5. The van der Waals surface area contributed by atoms with Crippen molar-refractivity contribution in [2.75, 3.05) is 31.5 Å². The number of thiocarbonyl (C=S) groups is 1. The van der Waals surface area contributed by atoms with Gasteiger partial charge in [-0.2, -0.15) is 0 Å². The van der Waals surface area contributed by atoms with Crippen molar-refractivity contribution in [2.24, 2.45) is 23.2 Å². The quantitative estimate of drug-likeness (QED) is 0.519. The van der Waals surface area contributed by atoms with Crippen molar-refractivity contribution >= 4 is 34.8 Å². The van der Waals surface area contributed by atoms with Crippen molar-refractivity contribution in [1.82, 2.24) is 15.5 Å². The number of rotatable bonds is 8. The van der Waals surface area contributed by atoms with E-state index in [1.807, 2.05) is 12.1 Å². The third kappa shape index (κ3) is 5.15. The first-order chi connectivity index (χ1) is 15.4. The van der Waals surface area contributed by atoms with Crippen molar-refractivity contribution in [2.45, 2.75) is 52.4 Å². The molecule has 4 bridgehead atoms. The number of nitrogens with zero attached hydrogens (tertiary/aromatic N) is 1. The van der Waals surface area contributed by atoms with E-state index in [4.69, 9.17) is 12.2 Å². The standard InChI is InChI=1S/C25H36N4O2S/c1-3-29(4-2)10-9-26-22(30)20-5-7-21(8-6-20)27-24(32)28-23(31)25-14-17-11-18(15-25)13-19(12-17)16-25/h5-8,17-19H,3-4,9-16H2,1-2H3,(H,26,30)(H2,27,28,31,32). The summed E-state index contributed by atoms with van der Waals surface area (Å²) < 4.78 is 0. The molecule has 6 nitrogen and oxygen atoms in total. The molecule has 174 valence electrons. The first kappa shape index (κ1) is 23.2. The van der Waals surface area contributed by atoms with Gasteiger partial charge in [-0.15, -0.1) is 0 Å². The molecule has 1 aromatic carbocycles.